The van der Waals surface area contributed by atoms with Crippen molar-refractivity contribution < 1.29 is 9.90 Å². The van der Waals surface area contributed by atoms with Gasteiger partial charge in [0.15, 0.2) is 0 Å². The Hall–Kier alpha value is -0.810. The van der Waals surface area contributed by atoms with Crippen molar-refractivity contribution in [2.75, 3.05) is 5.32 Å². The normalized spacial score (nSPS) is 10.4. The molecule has 74 valence electrons. The van der Waals surface area contributed by atoms with E-state index in [0.29, 0.717) is 0 Å². The summed E-state index contributed by atoms with van der Waals surface area (Å²) in [6.45, 7) is 0. The number of hydrogen-bond acceptors (Lipinski definition) is 2. The first-order valence-electron chi connectivity index (χ1n) is 3.70. The topological polar surface area (TPSA) is 49.3 Å². The molecule has 14 heavy (non-hydrogen) atoms. The molecule has 1 rings (SSSR count). The number of carboxylic acids is 1. The van der Waals surface area contributed by atoms with E-state index < -0.39 is 5.97 Å². The number of carbonyl (C=O) groups is 1. The van der Waals surface area contributed by atoms with Crippen LogP contribution in [-0.2, 0) is 4.79 Å². The van der Waals surface area contributed by atoms with Gasteiger partial charge in [-0.2, -0.15) is 0 Å². The van der Waals surface area contributed by atoms with E-state index in [1.54, 1.807) is 0 Å². The third kappa shape index (κ3) is 3.51. The van der Waals surface area contributed by atoms with Crippen molar-refractivity contribution in [3.8, 4) is 0 Å². The molecule has 0 bridgehead atoms. The average Bonchev–Trinajstić information content (AvgIpc) is 2.08. The van der Waals surface area contributed by atoms with Gasteiger partial charge in [0.05, 0.1) is 5.69 Å². The molecule has 0 atom stereocenters. The van der Waals surface area contributed by atoms with E-state index in [9.17, 15) is 4.79 Å². The molecule has 0 aliphatic heterocycles. The average molecular weight is 321 g/mol. The summed E-state index contributed by atoms with van der Waals surface area (Å²) < 4.78 is 1.82. The van der Waals surface area contributed by atoms with E-state index in [4.69, 9.17) is 5.11 Å². The van der Waals surface area contributed by atoms with Crippen molar-refractivity contribution >= 4 is 43.5 Å². The van der Waals surface area contributed by atoms with Gasteiger partial charge in [0.25, 0.3) is 0 Å². The summed E-state index contributed by atoms with van der Waals surface area (Å²) >= 11 is 6.66. The first-order chi connectivity index (χ1) is 6.59. The quantitative estimate of drug-likeness (QED) is 0.841. The Morgan fingerprint density at radius 2 is 2.14 bits per heavy atom. The van der Waals surface area contributed by atoms with Gasteiger partial charge >= 0.3 is 5.97 Å². The largest absolute Gasteiger partial charge is 0.478 e. The molecule has 0 spiro atoms. The molecule has 1 aromatic rings. The molecule has 0 unspecified atom stereocenters. The van der Waals surface area contributed by atoms with Gasteiger partial charge in [0.2, 0.25) is 0 Å². The summed E-state index contributed by atoms with van der Waals surface area (Å²) in [4.78, 5) is 10.2. The smallest absolute Gasteiger partial charge is 0.329 e. The van der Waals surface area contributed by atoms with Crippen LogP contribution in [0.2, 0.25) is 0 Å². The summed E-state index contributed by atoms with van der Waals surface area (Å²) in [5, 5.41) is 11.2. The van der Waals surface area contributed by atoms with Crippen LogP contribution in [0.15, 0.2) is 39.4 Å². The molecule has 3 nitrogen and oxygen atoms in total. The van der Waals surface area contributed by atoms with E-state index in [2.05, 4.69) is 37.2 Å². The molecule has 1 aromatic carbocycles. The Labute approximate surface area is 98.1 Å². The number of carboxylic acid groups (broad SMARTS) is 1. The molecule has 5 heteroatoms. The lowest BCUT2D eigenvalue weighted by Crippen LogP contribution is -1.92. The standard InChI is InChI=1S/C9H7Br2NO2/c10-6-1-2-8(7(11)5-6)12-4-3-9(13)14/h1-5,12H,(H,13,14)/b4-3+. The highest BCUT2D eigenvalue weighted by Gasteiger charge is 1.97. The predicted octanol–water partition coefficient (Wildman–Crippen LogP) is 3.22. The highest BCUT2D eigenvalue weighted by molar-refractivity contribution is 9.11. The van der Waals surface area contributed by atoms with Crippen LogP contribution in [0.5, 0.6) is 0 Å². The maximum absolute atomic E-state index is 10.2. The molecule has 2 N–H and O–H groups in total. The van der Waals surface area contributed by atoms with Gasteiger partial charge in [-0.3, -0.25) is 0 Å². The highest BCUT2D eigenvalue weighted by atomic mass is 79.9. The second kappa shape index (κ2) is 5.17. The minimum atomic E-state index is -0.981. The Morgan fingerprint density at radius 3 is 2.71 bits per heavy atom. The van der Waals surface area contributed by atoms with Crippen molar-refractivity contribution in [2.24, 2.45) is 0 Å². The van der Waals surface area contributed by atoms with Crippen LogP contribution in [0, 0.1) is 0 Å². The first-order valence-corrected chi connectivity index (χ1v) is 5.29. The molecule has 0 saturated carbocycles. The van der Waals surface area contributed by atoms with Crippen molar-refractivity contribution in [2.45, 2.75) is 0 Å². The molecule has 0 amide bonds. The third-order valence-corrected chi connectivity index (χ3v) is 2.55. The van der Waals surface area contributed by atoms with Gasteiger partial charge in [-0.15, -0.1) is 0 Å². The van der Waals surface area contributed by atoms with E-state index in [-0.39, 0.29) is 0 Å². The summed E-state index contributed by atoms with van der Waals surface area (Å²) in [6.07, 6.45) is 2.41. The Morgan fingerprint density at radius 1 is 1.43 bits per heavy atom. The lowest BCUT2D eigenvalue weighted by atomic mass is 10.3. The van der Waals surface area contributed by atoms with Gasteiger partial charge in [0.1, 0.15) is 0 Å². The molecule has 0 aliphatic rings. The monoisotopic (exact) mass is 319 g/mol. The molecule has 0 aliphatic carbocycles. The van der Waals surface area contributed by atoms with Gasteiger partial charge in [0, 0.05) is 21.2 Å². The minimum Gasteiger partial charge on any atom is -0.478 e. The molecular weight excluding hydrogens is 314 g/mol. The number of nitrogens with one attached hydrogen (secondary N) is 1. The number of benzene rings is 1. The van der Waals surface area contributed by atoms with Crippen molar-refractivity contribution in [1.29, 1.82) is 0 Å². The zero-order chi connectivity index (χ0) is 10.6. The first kappa shape index (κ1) is 11.3. The lowest BCUT2D eigenvalue weighted by molar-refractivity contribution is -0.131. The second-order valence-corrected chi connectivity index (χ2v) is 4.21. The molecule has 0 heterocycles. The van der Waals surface area contributed by atoms with Crippen molar-refractivity contribution in [3.05, 3.63) is 39.4 Å². The van der Waals surface area contributed by atoms with Gasteiger partial charge in [-0.05, 0) is 34.1 Å². The van der Waals surface area contributed by atoms with Gasteiger partial charge < -0.3 is 10.4 Å². The summed E-state index contributed by atoms with van der Waals surface area (Å²) in [5.74, 6) is -0.981. The second-order valence-electron chi connectivity index (χ2n) is 2.44. The molecular formula is C9H7Br2NO2. The number of rotatable bonds is 3. The van der Waals surface area contributed by atoms with Crippen molar-refractivity contribution in [1.82, 2.24) is 0 Å². The van der Waals surface area contributed by atoms with Gasteiger partial charge in [-0.25, -0.2) is 4.79 Å². The fraction of sp³-hybridized carbons (Fsp3) is 0. The zero-order valence-corrected chi connectivity index (χ0v) is 10.2. The fourth-order valence-electron chi connectivity index (χ4n) is 0.809. The number of halogens is 2. The predicted molar refractivity (Wildman–Crippen MR) is 62.2 cm³/mol. The molecule has 0 fully saturated rings. The Kier molecular flexibility index (Phi) is 4.16. The van der Waals surface area contributed by atoms with Crippen LogP contribution in [0.4, 0.5) is 5.69 Å². The van der Waals surface area contributed by atoms with Crippen LogP contribution in [-0.4, -0.2) is 11.1 Å². The number of hydrogen-bond donors (Lipinski definition) is 2. The van der Waals surface area contributed by atoms with Crippen LogP contribution in [0.1, 0.15) is 0 Å². The SMILES string of the molecule is O=C(O)/C=C/Nc1ccc(Br)cc1Br. The molecule has 0 saturated heterocycles. The number of aliphatic carboxylic acids is 1. The Bertz CT molecular complexity index is 377. The zero-order valence-electron chi connectivity index (χ0n) is 7.00. The maximum Gasteiger partial charge on any atom is 0.329 e. The Balaban J connectivity index is 2.73. The summed E-state index contributed by atoms with van der Waals surface area (Å²) in [5.41, 5.74) is 0.811. The fourth-order valence-corrected chi connectivity index (χ4v) is 1.97. The van der Waals surface area contributed by atoms with E-state index in [1.807, 2.05) is 18.2 Å². The van der Waals surface area contributed by atoms with E-state index in [0.717, 1.165) is 20.7 Å². The molecule has 0 radical (unpaired) electrons. The summed E-state index contributed by atoms with van der Waals surface area (Å²) in [7, 11) is 0. The third-order valence-electron chi connectivity index (χ3n) is 1.40. The highest BCUT2D eigenvalue weighted by Crippen LogP contribution is 2.25. The van der Waals surface area contributed by atoms with E-state index >= 15 is 0 Å². The van der Waals surface area contributed by atoms with Gasteiger partial charge in [-0.1, -0.05) is 15.9 Å². The maximum atomic E-state index is 10.2. The van der Waals surface area contributed by atoms with Crippen LogP contribution in [0.25, 0.3) is 0 Å². The lowest BCUT2D eigenvalue weighted by Gasteiger charge is -2.03. The van der Waals surface area contributed by atoms with E-state index in [1.165, 1.54) is 6.20 Å². The minimum absolute atomic E-state index is 0.811. The summed E-state index contributed by atoms with van der Waals surface area (Å²) in [6, 6.07) is 5.57. The van der Waals surface area contributed by atoms with Crippen LogP contribution >= 0.6 is 31.9 Å². The van der Waals surface area contributed by atoms with Crippen LogP contribution in [0.3, 0.4) is 0 Å². The number of anilines is 1. The van der Waals surface area contributed by atoms with Crippen molar-refractivity contribution in [3.63, 3.8) is 0 Å². The molecule has 0 aromatic heterocycles. The van der Waals surface area contributed by atoms with Crippen LogP contribution < -0.4 is 5.32 Å².